The number of aromatic nitrogens is 3. The van der Waals surface area contributed by atoms with Crippen molar-refractivity contribution in [3.63, 3.8) is 0 Å². The zero-order chi connectivity index (χ0) is 7.84. The van der Waals surface area contributed by atoms with Gasteiger partial charge in [0.2, 0.25) is 5.95 Å². The van der Waals surface area contributed by atoms with Crippen molar-refractivity contribution in [2.45, 2.75) is 0 Å². The molecule has 56 valence electrons. The summed E-state index contributed by atoms with van der Waals surface area (Å²) in [5, 5.41) is 7.23. The Morgan fingerprint density at radius 3 is 3.18 bits per heavy atom. The smallest absolute Gasteiger partial charge is 0.213 e. The Morgan fingerprint density at radius 1 is 1.55 bits per heavy atom. The second-order valence-corrected chi connectivity index (χ2v) is 2.85. The van der Waals surface area contributed by atoms with Crippen molar-refractivity contribution < 1.29 is 4.39 Å². The highest BCUT2D eigenvalue weighted by Gasteiger charge is 2.03. The quantitative estimate of drug-likeness (QED) is 0.682. The first-order valence-electron chi connectivity index (χ1n) is 2.92. The van der Waals surface area contributed by atoms with E-state index in [1.807, 2.05) is 0 Å². The van der Waals surface area contributed by atoms with E-state index in [0.29, 0.717) is 15.5 Å². The van der Waals surface area contributed by atoms with Crippen molar-refractivity contribution in [3.8, 4) is 0 Å². The number of hydrogen-bond acceptors (Lipinski definition) is 2. The monoisotopic (exact) mass is 215 g/mol. The van der Waals surface area contributed by atoms with Crippen LogP contribution in [0.15, 0.2) is 16.9 Å². The molecule has 0 atom stereocenters. The molecule has 0 aliphatic heterocycles. The summed E-state index contributed by atoms with van der Waals surface area (Å²) in [6, 6.07) is 1.32. The first-order valence-corrected chi connectivity index (χ1v) is 3.72. The number of nitrogens with one attached hydrogen (secondary N) is 1. The van der Waals surface area contributed by atoms with Crippen molar-refractivity contribution in [1.29, 1.82) is 0 Å². The highest BCUT2D eigenvalue weighted by Crippen LogP contribution is 2.19. The van der Waals surface area contributed by atoms with Gasteiger partial charge in [-0.05, 0) is 15.9 Å². The van der Waals surface area contributed by atoms with Gasteiger partial charge in [-0.1, -0.05) is 0 Å². The Morgan fingerprint density at radius 2 is 2.36 bits per heavy atom. The minimum atomic E-state index is -0.500. The minimum absolute atomic E-state index is 0.500. The summed E-state index contributed by atoms with van der Waals surface area (Å²) in [7, 11) is 0. The van der Waals surface area contributed by atoms with Crippen molar-refractivity contribution in [1.82, 2.24) is 15.2 Å². The molecule has 0 bridgehead atoms. The predicted octanol–water partition coefficient (Wildman–Crippen LogP) is 1.86. The second-order valence-electron chi connectivity index (χ2n) is 2.06. The summed E-state index contributed by atoms with van der Waals surface area (Å²) < 4.78 is 13.2. The molecule has 0 aliphatic carbocycles. The van der Waals surface area contributed by atoms with Crippen LogP contribution >= 0.6 is 15.9 Å². The van der Waals surface area contributed by atoms with E-state index < -0.39 is 5.95 Å². The fraction of sp³-hybridized carbons (Fsp3) is 0. The molecule has 2 heterocycles. The lowest BCUT2D eigenvalue weighted by Crippen LogP contribution is -1.79. The van der Waals surface area contributed by atoms with Crippen molar-refractivity contribution in [3.05, 3.63) is 22.8 Å². The molecule has 0 fully saturated rings. The van der Waals surface area contributed by atoms with E-state index >= 15 is 0 Å². The van der Waals surface area contributed by atoms with Crippen molar-refractivity contribution in [2.24, 2.45) is 0 Å². The van der Waals surface area contributed by atoms with Gasteiger partial charge in [0.05, 0.1) is 6.20 Å². The summed E-state index contributed by atoms with van der Waals surface area (Å²) >= 11 is 3.19. The molecule has 0 aromatic carbocycles. The first-order chi connectivity index (χ1) is 5.27. The van der Waals surface area contributed by atoms with Crippen LogP contribution in [0.25, 0.3) is 10.9 Å². The zero-order valence-corrected chi connectivity index (χ0v) is 6.89. The number of H-pyrrole nitrogens is 1. The lowest BCUT2D eigenvalue weighted by Gasteiger charge is -1.86. The molecule has 2 aromatic heterocycles. The third-order valence-electron chi connectivity index (χ3n) is 1.36. The number of halogens is 2. The van der Waals surface area contributed by atoms with Gasteiger partial charge in [-0.25, -0.2) is 4.98 Å². The van der Waals surface area contributed by atoms with Crippen LogP contribution in [0.5, 0.6) is 0 Å². The molecule has 5 heteroatoms. The molecular weight excluding hydrogens is 213 g/mol. The standard InChI is InChI=1S/C6H3BrFN3/c7-6-3-1-5(8)9-2-4(3)10-11-6/h1-2H,(H,10,11). The van der Waals surface area contributed by atoms with Crippen LogP contribution in [0.4, 0.5) is 4.39 Å². The Balaban J connectivity index is 2.87. The Hall–Kier alpha value is -0.970. The molecule has 0 saturated carbocycles. The molecule has 0 aliphatic rings. The molecule has 0 amide bonds. The van der Waals surface area contributed by atoms with E-state index in [1.165, 1.54) is 12.3 Å². The van der Waals surface area contributed by atoms with Crippen LogP contribution in [0, 0.1) is 5.95 Å². The number of nitrogens with zero attached hydrogens (tertiary/aromatic N) is 2. The highest BCUT2D eigenvalue weighted by atomic mass is 79.9. The molecule has 1 N–H and O–H groups in total. The molecular formula is C6H3BrFN3. The second kappa shape index (κ2) is 2.27. The lowest BCUT2D eigenvalue weighted by atomic mass is 10.3. The van der Waals surface area contributed by atoms with Crippen LogP contribution in [0.3, 0.4) is 0 Å². The zero-order valence-electron chi connectivity index (χ0n) is 5.31. The van der Waals surface area contributed by atoms with E-state index in [9.17, 15) is 4.39 Å². The molecule has 2 aromatic rings. The summed E-state index contributed by atoms with van der Waals surface area (Å²) in [5.74, 6) is -0.500. The predicted molar refractivity (Wildman–Crippen MR) is 41.5 cm³/mol. The van der Waals surface area contributed by atoms with Gasteiger partial charge in [-0.15, -0.1) is 0 Å². The van der Waals surface area contributed by atoms with Crippen LogP contribution in [-0.4, -0.2) is 15.2 Å². The number of rotatable bonds is 0. The SMILES string of the molecule is Fc1cc2c(Br)[nH]nc2cn1. The third kappa shape index (κ3) is 1.01. The molecule has 11 heavy (non-hydrogen) atoms. The lowest BCUT2D eigenvalue weighted by molar-refractivity contribution is 0.586. The van der Waals surface area contributed by atoms with Crippen molar-refractivity contribution >= 4 is 26.8 Å². The Bertz CT molecular complexity index is 398. The maximum Gasteiger partial charge on any atom is 0.213 e. The molecule has 0 radical (unpaired) electrons. The number of fused-ring (bicyclic) bond motifs is 1. The number of aromatic amines is 1. The highest BCUT2D eigenvalue weighted by molar-refractivity contribution is 9.10. The van der Waals surface area contributed by atoms with Gasteiger partial charge in [0.15, 0.2) is 0 Å². The van der Waals surface area contributed by atoms with Gasteiger partial charge < -0.3 is 0 Å². The van der Waals surface area contributed by atoms with E-state index in [1.54, 1.807) is 0 Å². The average molecular weight is 216 g/mol. The number of pyridine rings is 1. The molecule has 0 spiro atoms. The third-order valence-corrected chi connectivity index (χ3v) is 1.97. The summed E-state index contributed by atoms with van der Waals surface area (Å²) in [6.07, 6.45) is 1.38. The van der Waals surface area contributed by atoms with Gasteiger partial charge in [-0.3, -0.25) is 5.10 Å². The van der Waals surface area contributed by atoms with Gasteiger partial charge in [0.1, 0.15) is 10.1 Å². The van der Waals surface area contributed by atoms with Crippen LogP contribution < -0.4 is 0 Å². The van der Waals surface area contributed by atoms with E-state index in [0.717, 1.165) is 0 Å². The summed E-state index contributed by atoms with van der Waals surface area (Å²) in [5.41, 5.74) is 0.651. The van der Waals surface area contributed by atoms with Crippen LogP contribution in [0.1, 0.15) is 0 Å². The first kappa shape index (κ1) is 6.72. The molecule has 0 unspecified atom stereocenters. The maximum atomic E-state index is 12.5. The molecule has 2 rings (SSSR count). The fourth-order valence-electron chi connectivity index (χ4n) is 0.857. The topological polar surface area (TPSA) is 41.6 Å². The minimum Gasteiger partial charge on any atom is -0.270 e. The normalized spacial score (nSPS) is 10.7. The average Bonchev–Trinajstić information content (AvgIpc) is 2.33. The van der Waals surface area contributed by atoms with E-state index in [-0.39, 0.29) is 0 Å². The van der Waals surface area contributed by atoms with Crippen LogP contribution in [0.2, 0.25) is 0 Å². The fourth-order valence-corrected chi connectivity index (χ4v) is 1.26. The Labute approximate surface area is 69.8 Å². The maximum absolute atomic E-state index is 12.5. The van der Waals surface area contributed by atoms with E-state index in [2.05, 4.69) is 31.1 Å². The van der Waals surface area contributed by atoms with Crippen LogP contribution in [-0.2, 0) is 0 Å². The Kier molecular flexibility index (Phi) is 1.38. The largest absolute Gasteiger partial charge is 0.270 e. The summed E-state index contributed by atoms with van der Waals surface area (Å²) in [4.78, 5) is 3.45. The molecule has 3 nitrogen and oxygen atoms in total. The van der Waals surface area contributed by atoms with E-state index in [4.69, 9.17) is 0 Å². The van der Waals surface area contributed by atoms with Crippen molar-refractivity contribution in [2.75, 3.05) is 0 Å². The van der Waals surface area contributed by atoms with Gasteiger partial charge in [0, 0.05) is 11.5 Å². The summed E-state index contributed by atoms with van der Waals surface area (Å²) in [6.45, 7) is 0. The number of hydrogen-bond donors (Lipinski definition) is 1. The van der Waals surface area contributed by atoms with Gasteiger partial charge >= 0.3 is 0 Å². The molecule has 0 saturated heterocycles. The van der Waals surface area contributed by atoms with Gasteiger partial charge in [-0.2, -0.15) is 9.49 Å². The van der Waals surface area contributed by atoms with Gasteiger partial charge in [0.25, 0.3) is 0 Å².